The van der Waals surface area contributed by atoms with Crippen molar-refractivity contribution in [3.63, 3.8) is 0 Å². The van der Waals surface area contributed by atoms with Gasteiger partial charge in [0, 0.05) is 33.4 Å². The van der Waals surface area contributed by atoms with Crippen molar-refractivity contribution in [3.05, 3.63) is 23.8 Å². The van der Waals surface area contributed by atoms with E-state index in [0.717, 1.165) is 63.0 Å². The van der Waals surface area contributed by atoms with Crippen molar-refractivity contribution in [1.29, 1.82) is 0 Å². The molecule has 1 aliphatic heterocycles. The van der Waals surface area contributed by atoms with Gasteiger partial charge in [0.2, 0.25) is 0 Å². The Morgan fingerprint density at radius 2 is 2.12 bits per heavy atom. The first-order chi connectivity index (χ1) is 12.1. The second-order valence-corrected chi connectivity index (χ2v) is 6.44. The van der Waals surface area contributed by atoms with Crippen LogP contribution < -0.4 is 10.1 Å². The lowest BCUT2D eigenvalue weighted by molar-refractivity contribution is 0.0625. The Balaban J connectivity index is 0.00000338. The van der Waals surface area contributed by atoms with Crippen molar-refractivity contribution in [2.45, 2.75) is 32.7 Å². The van der Waals surface area contributed by atoms with Gasteiger partial charge in [0.15, 0.2) is 17.5 Å². The van der Waals surface area contributed by atoms with Gasteiger partial charge in [-0.2, -0.15) is 0 Å². The molecule has 1 saturated heterocycles. The minimum atomic E-state index is 0. The van der Waals surface area contributed by atoms with Crippen LogP contribution in [0.4, 0.5) is 0 Å². The van der Waals surface area contributed by atoms with E-state index < -0.39 is 0 Å². The fourth-order valence-electron chi connectivity index (χ4n) is 2.99. The molecule has 7 heteroatoms. The van der Waals surface area contributed by atoms with E-state index in [1.54, 1.807) is 19.2 Å². The fraction of sp³-hybridized carbons (Fsp3) is 0.632. The number of halogens is 1. The number of aliphatic imine (C=N–C) groups is 1. The predicted octanol–water partition coefficient (Wildman–Crippen LogP) is 3.23. The third kappa shape index (κ3) is 7.19. The number of hydrogen-bond acceptors (Lipinski definition) is 4. The zero-order valence-electron chi connectivity index (χ0n) is 16.0. The van der Waals surface area contributed by atoms with Crippen molar-refractivity contribution in [2.24, 2.45) is 10.9 Å². The van der Waals surface area contributed by atoms with Crippen LogP contribution in [0, 0.1) is 5.92 Å². The normalized spacial score (nSPS) is 15.3. The molecule has 0 amide bonds. The highest BCUT2D eigenvalue weighted by Crippen LogP contribution is 2.26. The molecule has 148 valence electrons. The van der Waals surface area contributed by atoms with Crippen LogP contribution in [0.2, 0.25) is 0 Å². The molecule has 2 rings (SSSR count). The molecule has 1 aromatic rings. The average Bonchev–Trinajstić information content (AvgIpc) is 2.64. The van der Waals surface area contributed by atoms with Gasteiger partial charge >= 0.3 is 0 Å². The molecule has 0 saturated carbocycles. The Kier molecular flexibility index (Phi) is 10.7. The van der Waals surface area contributed by atoms with Crippen LogP contribution in [-0.2, 0) is 11.3 Å². The summed E-state index contributed by atoms with van der Waals surface area (Å²) >= 11 is 0. The lowest BCUT2D eigenvalue weighted by atomic mass is 9.96. The number of rotatable bonds is 7. The quantitative estimate of drug-likeness (QED) is 0.359. The van der Waals surface area contributed by atoms with Crippen LogP contribution in [0.1, 0.15) is 31.7 Å². The highest BCUT2D eigenvalue weighted by atomic mass is 127. The summed E-state index contributed by atoms with van der Waals surface area (Å²) in [6, 6.07) is 5.39. The number of phenolic OH excluding ortho intramolecular Hbond substituents is 1. The summed E-state index contributed by atoms with van der Waals surface area (Å²) in [5.41, 5.74) is 0.950. The molecule has 0 atom stereocenters. The molecule has 1 fully saturated rings. The number of benzene rings is 1. The number of ether oxygens (including phenoxy) is 2. The summed E-state index contributed by atoms with van der Waals surface area (Å²) in [5.74, 6) is 2.27. The number of aromatic hydroxyl groups is 1. The van der Waals surface area contributed by atoms with Gasteiger partial charge in [0.25, 0.3) is 0 Å². The van der Waals surface area contributed by atoms with E-state index in [0.29, 0.717) is 12.3 Å². The summed E-state index contributed by atoms with van der Waals surface area (Å²) in [4.78, 5) is 6.88. The van der Waals surface area contributed by atoms with Gasteiger partial charge < -0.3 is 24.8 Å². The topological polar surface area (TPSA) is 66.3 Å². The zero-order valence-corrected chi connectivity index (χ0v) is 18.4. The van der Waals surface area contributed by atoms with E-state index in [9.17, 15) is 5.11 Å². The van der Waals surface area contributed by atoms with E-state index in [1.807, 2.05) is 6.07 Å². The minimum Gasteiger partial charge on any atom is -0.504 e. The monoisotopic (exact) mass is 477 g/mol. The Labute approximate surface area is 174 Å². The van der Waals surface area contributed by atoms with Crippen LogP contribution in [-0.4, -0.2) is 56.4 Å². The van der Waals surface area contributed by atoms with Crippen LogP contribution in [0.5, 0.6) is 11.5 Å². The molecule has 26 heavy (non-hydrogen) atoms. The van der Waals surface area contributed by atoms with Crippen molar-refractivity contribution in [3.8, 4) is 11.5 Å². The molecular formula is C19H32IN3O3. The Hall–Kier alpha value is -1.22. The number of nitrogens with zero attached hydrogens (tertiary/aromatic N) is 2. The molecule has 2 N–H and O–H groups in total. The fourth-order valence-corrected chi connectivity index (χ4v) is 2.99. The lowest BCUT2D eigenvalue weighted by Crippen LogP contribution is -2.40. The van der Waals surface area contributed by atoms with Crippen LogP contribution in [0.3, 0.4) is 0 Å². The van der Waals surface area contributed by atoms with Crippen molar-refractivity contribution in [1.82, 2.24) is 10.2 Å². The largest absolute Gasteiger partial charge is 0.504 e. The maximum absolute atomic E-state index is 9.89. The van der Waals surface area contributed by atoms with E-state index in [-0.39, 0.29) is 29.7 Å². The summed E-state index contributed by atoms with van der Waals surface area (Å²) in [6.07, 6.45) is 3.48. The molecule has 0 unspecified atom stereocenters. The second-order valence-electron chi connectivity index (χ2n) is 6.44. The molecule has 0 spiro atoms. The molecule has 0 aromatic heterocycles. The molecule has 6 nitrogen and oxygen atoms in total. The first kappa shape index (κ1) is 22.8. The van der Waals surface area contributed by atoms with E-state index in [4.69, 9.17) is 14.5 Å². The summed E-state index contributed by atoms with van der Waals surface area (Å²) in [7, 11) is 3.62. The van der Waals surface area contributed by atoms with Gasteiger partial charge in [0.05, 0.1) is 13.7 Å². The highest BCUT2D eigenvalue weighted by Gasteiger charge is 2.15. The maximum atomic E-state index is 9.89. The number of methoxy groups -OCH3 is 1. The molecule has 1 aromatic carbocycles. The van der Waals surface area contributed by atoms with Crippen LogP contribution in [0.15, 0.2) is 23.2 Å². The number of nitrogens with one attached hydrogen (secondary N) is 1. The predicted molar refractivity (Wildman–Crippen MR) is 116 cm³/mol. The average molecular weight is 477 g/mol. The third-order valence-corrected chi connectivity index (χ3v) is 4.56. The summed E-state index contributed by atoms with van der Waals surface area (Å²) in [6.45, 7) is 6.17. The molecule has 0 bridgehead atoms. The van der Waals surface area contributed by atoms with Crippen molar-refractivity contribution in [2.75, 3.05) is 40.5 Å². The first-order valence-electron chi connectivity index (χ1n) is 9.07. The van der Waals surface area contributed by atoms with Gasteiger partial charge in [-0.25, -0.2) is 4.99 Å². The van der Waals surface area contributed by atoms with E-state index >= 15 is 0 Å². The van der Waals surface area contributed by atoms with E-state index in [2.05, 4.69) is 24.2 Å². The second kappa shape index (κ2) is 12.2. The molecule has 0 radical (unpaired) electrons. The van der Waals surface area contributed by atoms with Crippen LogP contribution in [0.25, 0.3) is 0 Å². The summed E-state index contributed by atoms with van der Waals surface area (Å²) in [5, 5.41) is 13.2. The number of hydrogen-bond donors (Lipinski definition) is 2. The Morgan fingerprint density at radius 3 is 2.73 bits per heavy atom. The molecule has 1 heterocycles. The van der Waals surface area contributed by atoms with Gasteiger partial charge in [-0.3, -0.25) is 0 Å². The Morgan fingerprint density at radius 1 is 1.38 bits per heavy atom. The van der Waals surface area contributed by atoms with Crippen molar-refractivity contribution >= 4 is 29.9 Å². The standard InChI is InChI=1S/C19H31N3O3.HI/c1-4-20-19(22(2)10-7-15-8-11-25-12-9-15)21-14-16-5-6-18(24-3)17(23)13-16;/h5-6,13,15,23H,4,7-12,14H2,1-3H3,(H,20,21);1H. The van der Waals surface area contributed by atoms with Gasteiger partial charge in [0.1, 0.15) is 0 Å². The van der Waals surface area contributed by atoms with Gasteiger partial charge in [-0.1, -0.05) is 6.07 Å². The molecule has 1 aliphatic rings. The molecular weight excluding hydrogens is 445 g/mol. The first-order valence-corrected chi connectivity index (χ1v) is 9.07. The van der Waals surface area contributed by atoms with Gasteiger partial charge in [-0.05, 0) is 49.8 Å². The highest BCUT2D eigenvalue weighted by molar-refractivity contribution is 14.0. The maximum Gasteiger partial charge on any atom is 0.193 e. The SMILES string of the molecule is CCNC(=NCc1ccc(OC)c(O)c1)N(C)CCC1CCOCC1.I. The minimum absolute atomic E-state index is 0. The summed E-state index contributed by atoms with van der Waals surface area (Å²) < 4.78 is 10.5. The smallest absolute Gasteiger partial charge is 0.193 e. The zero-order chi connectivity index (χ0) is 18.1. The number of guanidine groups is 1. The molecule has 0 aliphatic carbocycles. The van der Waals surface area contributed by atoms with E-state index in [1.165, 1.54) is 0 Å². The number of phenols is 1. The van der Waals surface area contributed by atoms with Gasteiger partial charge in [-0.15, -0.1) is 24.0 Å². The van der Waals surface area contributed by atoms with Crippen LogP contribution >= 0.6 is 24.0 Å². The lowest BCUT2D eigenvalue weighted by Gasteiger charge is -2.26. The van der Waals surface area contributed by atoms with Crippen molar-refractivity contribution < 1.29 is 14.6 Å². The Bertz CT molecular complexity index is 563. The third-order valence-electron chi connectivity index (χ3n) is 4.56.